The lowest BCUT2D eigenvalue weighted by Gasteiger charge is -2.23. The molecule has 9 saturated carbocycles. The lowest BCUT2D eigenvalue weighted by Crippen LogP contribution is -2.44. The van der Waals surface area contributed by atoms with Crippen LogP contribution in [-0.2, 0) is 38.1 Å². The van der Waals surface area contributed by atoms with Crippen molar-refractivity contribution in [1.82, 2.24) is 20.4 Å². The fourth-order valence-electron chi connectivity index (χ4n) is 14.3. The number of isocyanates is 2. The van der Waals surface area contributed by atoms with E-state index in [2.05, 4.69) is 33.8 Å². The molecule has 0 heterocycles. The number of imide groups is 2. The molecule has 18 heteroatoms. The fourth-order valence-corrected chi connectivity index (χ4v) is 14.3. The van der Waals surface area contributed by atoms with Crippen LogP contribution in [0, 0.1) is 71.0 Å². The Morgan fingerprint density at radius 3 is 0.897 bits per heavy atom. The zero-order valence-electron chi connectivity index (χ0n) is 48.8. The number of esters is 2. The third-order valence-electron chi connectivity index (χ3n) is 17.5. The van der Waals surface area contributed by atoms with Gasteiger partial charge in [0.15, 0.2) is 0 Å². The second kappa shape index (κ2) is 36.8. The summed E-state index contributed by atoms with van der Waals surface area (Å²) < 4.78 is 19.1. The highest BCUT2D eigenvalue weighted by atomic mass is 16.6. The third-order valence-corrected chi connectivity index (χ3v) is 17.5. The van der Waals surface area contributed by atoms with Gasteiger partial charge in [0.1, 0.15) is 26.4 Å². The van der Waals surface area contributed by atoms with E-state index < -0.39 is 36.2 Å². The average Bonchev–Trinajstić information content (AvgIpc) is 4.30. The van der Waals surface area contributed by atoms with Gasteiger partial charge in [-0.05, 0) is 223 Å². The summed E-state index contributed by atoms with van der Waals surface area (Å²) in [6, 6.07) is -1.04. The van der Waals surface area contributed by atoms with Gasteiger partial charge in [-0.3, -0.25) is 0 Å². The van der Waals surface area contributed by atoms with Gasteiger partial charge >= 0.3 is 36.2 Å². The largest absolute Gasteiger partial charge is 0.459 e. The molecule has 0 saturated heterocycles. The van der Waals surface area contributed by atoms with Crippen molar-refractivity contribution in [1.29, 1.82) is 0 Å². The molecule has 78 heavy (non-hydrogen) atoms. The number of hydrogen-bond acceptors (Lipinski definition) is 14. The number of hydrogen-bond donors (Lipinski definition) is 2. The van der Waals surface area contributed by atoms with Crippen molar-refractivity contribution in [3.05, 3.63) is 24.3 Å². The summed E-state index contributed by atoms with van der Waals surface area (Å²) in [5.74, 6) is 13.3. The number of aliphatic imine (C=N–C) groups is 2. The zero-order chi connectivity index (χ0) is 57.6. The number of carbonyl (C=O) groups excluding carboxylic acids is 8. The number of ether oxygens (including phenoxy) is 4. The van der Waals surface area contributed by atoms with Crippen LogP contribution in [-0.4, -0.2) is 124 Å². The molecule has 9 aliphatic carbocycles. The number of nitrogens with one attached hydrogen (secondary N) is 2. The molecular weight excluding hydrogens is 997 g/mol. The van der Waals surface area contributed by atoms with Gasteiger partial charge in [-0.25, -0.2) is 58.1 Å². The van der Waals surface area contributed by atoms with Gasteiger partial charge in [-0.1, -0.05) is 32.4 Å². The summed E-state index contributed by atoms with van der Waals surface area (Å²) in [4.78, 5) is 94.5. The first-order valence-electron chi connectivity index (χ1n) is 29.7. The highest BCUT2D eigenvalue weighted by molar-refractivity contribution is 5.91. The Morgan fingerprint density at radius 2 is 0.705 bits per heavy atom. The number of carbonyl (C=O) groups is 6. The molecule has 12 unspecified atom stereocenters. The molecule has 12 atom stereocenters. The second-order valence-electron chi connectivity index (χ2n) is 22.1. The van der Waals surface area contributed by atoms with E-state index in [4.69, 9.17) is 28.5 Å². The van der Waals surface area contributed by atoms with E-state index in [0.29, 0.717) is 26.2 Å². The number of rotatable bonds is 14. The van der Waals surface area contributed by atoms with E-state index in [1.807, 2.05) is 0 Å². The molecule has 0 aromatic heterocycles. The van der Waals surface area contributed by atoms with Crippen molar-refractivity contribution < 1.29 is 57.3 Å². The molecule has 9 aliphatic rings. The Labute approximate surface area is 466 Å². The maximum absolute atomic E-state index is 11.6. The topological polar surface area (TPSA) is 229 Å². The van der Waals surface area contributed by atoms with Crippen molar-refractivity contribution in [3.8, 4) is 0 Å². The smallest absolute Gasteiger partial charge is 0.418 e. The van der Waals surface area contributed by atoms with Crippen LogP contribution in [0.4, 0.5) is 19.2 Å². The number of nitrogens with zero attached hydrogens (tertiary/aromatic N) is 4. The first-order chi connectivity index (χ1) is 37.5. The maximum atomic E-state index is 11.6. The number of urea groups is 2. The summed E-state index contributed by atoms with van der Waals surface area (Å²) in [6.45, 7) is 22.1. The average molecular weight is 1100 g/mol. The maximum Gasteiger partial charge on any atom is 0.418 e. The second-order valence-corrected chi connectivity index (χ2v) is 22.1. The van der Waals surface area contributed by atoms with Crippen LogP contribution in [0.15, 0.2) is 34.3 Å². The van der Waals surface area contributed by atoms with Crippen molar-refractivity contribution in [2.75, 3.05) is 65.7 Å². The predicted octanol–water partition coefficient (Wildman–Crippen LogP) is 11.8. The minimum absolute atomic E-state index is 0.0790. The van der Waals surface area contributed by atoms with Gasteiger partial charge in [0.2, 0.25) is 12.2 Å². The Balaban J connectivity index is 0.000000250. The van der Waals surface area contributed by atoms with Gasteiger partial charge < -0.3 is 29.6 Å². The van der Waals surface area contributed by atoms with Crippen molar-refractivity contribution in [2.45, 2.75) is 171 Å². The lowest BCUT2D eigenvalue weighted by molar-refractivity contribution is -0.140. The molecule has 0 aromatic rings. The summed E-state index contributed by atoms with van der Waals surface area (Å²) >= 11 is 0. The van der Waals surface area contributed by atoms with Crippen LogP contribution in [0.1, 0.15) is 171 Å². The van der Waals surface area contributed by atoms with Crippen LogP contribution in [0.5, 0.6) is 0 Å². The van der Waals surface area contributed by atoms with Crippen LogP contribution in [0.3, 0.4) is 0 Å². The van der Waals surface area contributed by atoms with Crippen molar-refractivity contribution in [3.63, 3.8) is 0 Å². The molecule has 2 N–H and O–H groups in total. The highest BCUT2D eigenvalue weighted by Gasteiger charge is 2.50. The van der Waals surface area contributed by atoms with E-state index in [-0.39, 0.29) is 50.7 Å². The van der Waals surface area contributed by atoms with Crippen LogP contribution >= 0.6 is 0 Å². The summed E-state index contributed by atoms with van der Waals surface area (Å²) in [7, 11) is 0. The van der Waals surface area contributed by atoms with Crippen molar-refractivity contribution >= 4 is 48.3 Å². The van der Waals surface area contributed by atoms with Gasteiger partial charge in [0.05, 0.1) is 0 Å². The highest BCUT2D eigenvalue weighted by Crippen LogP contribution is 2.60. The van der Waals surface area contributed by atoms with Gasteiger partial charge in [0.25, 0.3) is 0 Å². The lowest BCUT2D eigenvalue weighted by atomic mass is 9.82. The Morgan fingerprint density at radius 1 is 0.449 bits per heavy atom. The molecule has 0 spiro atoms. The van der Waals surface area contributed by atoms with Gasteiger partial charge in [-0.2, -0.15) is 0 Å². The fraction of sp³-hybridized carbons (Fsp3) is 0.800. The summed E-state index contributed by atoms with van der Waals surface area (Å²) in [5, 5.41) is 4.98. The number of amides is 6. The summed E-state index contributed by atoms with van der Waals surface area (Å²) in [5.41, 5.74) is 0.535. The Bertz CT molecular complexity index is 1800. The molecule has 0 aliphatic heterocycles. The SMILES string of the molecule is C1CC2C3CCC(C3)C2C1.C1CC2C3CCC(C3)C2C1.C1CC2C3CCC(C3)C2C1.C=C(C)C(=O)OCCOC(=O)N(CC)C(=O)NCC.C=C(C)C(=O)OCCOC(=O)N(CC)C(=O)NCC.CCN=C=O.CCN=C=O. The van der Waals surface area contributed by atoms with E-state index in [0.717, 1.165) is 9.80 Å². The molecular formula is C60H98N6O12. The molecule has 9 rings (SSSR count). The first kappa shape index (κ1) is 66.9. The van der Waals surface area contributed by atoms with Gasteiger partial charge in [0, 0.05) is 50.4 Å². The molecule has 18 nitrogen and oxygen atoms in total. The van der Waals surface area contributed by atoms with Gasteiger partial charge in [-0.15, -0.1) is 0 Å². The molecule has 440 valence electrons. The first-order valence-corrected chi connectivity index (χ1v) is 29.7. The summed E-state index contributed by atoms with van der Waals surface area (Å²) in [6.07, 6.45) is 29.8. The predicted molar refractivity (Wildman–Crippen MR) is 299 cm³/mol. The monoisotopic (exact) mass is 1090 g/mol. The Hall–Kier alpha value is -5.34. The minimum atomic E-state index is -0.778. The quantitative estimate of drug-likeness (QED) is 0.0413. The molecule has 0 radical (unpaired) electrons. The van der Waals surface area contributed by atoms with Crippen LogP contribution in [0.2, 0.25) is 0 Å². The molecule has 0 aromatic carbocycles. The standard InChI is InChI=1S/2C12H20N2O5.3C10H16.2C3H5NO/c2*1-5-13-11(16)14(6-2)12(17)19-8-7-18-10(15)9(3)4;3*1-2-9-7-4-5-8(6-7)10(9)3-1;2*1-2-4-3-5/h2*3,5-8H2,1-2,4H3,(H,13,16);3*7-10H,1-6H2;2*2H2,1H3. The van der Waals surface area contributed by atoms with Crippen molar-refractivity contribution in [2.24, 2.45) is 81.0 Å². The van der Waals surface area contributed by atoms with E-state index in [1.165, 1.54) is 97.0 Å². The Kier molecular flexibility index (Phi) is 31.5. The van der Waals surface area contributed by atoms with E-state index >= 15 is 0 Å². The molecule has 9 fully saturated rings. The van der Waals surface area contributed by atoms with Crippen LogP contribution in [0.25, 0.3) is 0 Å². The number of fused-ring (bicyclic) bond motifs is 15. The molecule has 6 amide bonds. The normalized spacial score (nSPS) is 27.5. The minimum Gasteiger partial charge on any atom is -0.459 e. The van der Waals surface area contributed by atoms with E-state index in [9.17, 15) is 28.8 Å². The van der Waals surface area contributed by atoms with Crippen LogP contribution < -0.4 is 10.6 Å². The molecule has 6 bridgehead atoms. The van der Waals surface area contributed by atoms with E-state index in [1.54, 1.807) is 157 Å². The third kappa shape index (κ3) is 21.0. The zero-order valence-corrected chi connectivity index (χ0v) is 48.8.